The Kier molecular flexibility index (Phi) is 4.62. The second kappa shape index (κ2) is 5.80. The number of hydrogen-bond donors (Lipinski definition) is 1. The van der Waals surface area contributed by atoms with Gasteiger partial charge in [-0.15, -0.1) is 0 Å². The molecule has 1 N–H and O–H groups in total. The van der Waals surface area contributed by atoms with Crippen molar-refractivity contribution >= 4 is 15.8 Å². The minimum atomic E-state index is -3.99. The van der Waals surface area contributed by atoms with E-state index in [2.05, 4.69) is 0 Å². The van der Waals surface area contributed by atoms with Crippen LogP contribution in [0, 0.1) is 17.1 Å². The van der Waals surface area contributed by atoms with Crippen molar-refractivity contribution in [3.8, 4) is 6.07 Å². The number of sulfone groups is 1. The number of benzene rings is 1. The van der Waals surface area contributed by atoms with Gasteiger partial charge >= 0.3 is 5.97 Å². The number of carboxylic acid groups (broad SMARTS) is 1. The van der Waals surface area contributed by atoms with Crippen molar-refractivity contribution in [3.63, 3.8) is 0 Å². The van der Waals surface area contributed by atoms with Crippen molar-refractivity contribution in [3.05, 3.63) is 35.1 Å². The van der Waals surface area contributed by atoms with E-state index in [1.54, 1.807) is 6.07 Å². The quantitative estimate of drug-likeness (QED) is 0.884. The third-order valence-corrected chi connectivity index (χ3v) is 4.74. The number of halogens is 1. The molecule has 0 aliphatic carbocycles. The van der Waals surface area contributed by atoms with Gasteiger partial charge in [-0.05, 0) is 30.2 Å². The van der Waals surface area contributed by atoms with Crippen LogP contribution in [0.3, 0.4) is 0 Å². The third kappa shape index (κ3) is 3.51. The van der Waals surface area contributed by atoms with Gasteiger partial charge in [-0.3, -0.25) is 4.79 Å². The van der Waals surface area contributed by atoms with Gasteiger partial charge in [0.25, 0.3) is 0 Å². The molecule has 1 aromatic rings. The van der Waals surface area contributed by atoms with E-state index in [-0.39, 0.29) is 17.5 Å². The second-order valence-corrected chi connectivity index (χ2v) is 6.14. The summed E-state index contributed by atoms with van der Waals surface area (Å²) in [6.07, 6.45) is -0.0884. The molecule has 0 radical (unpaired) electrons. The predicted octanol–water partition coefficient (Wildman–Crippen LogP) is 1.48. The molecular weight excluding hydrogens is 273 g/mol. The fraction of sp³-hybridized carbons (Fsp3) is 0.333. The normalized spacial score (nSPS) is 12.7. The average Bonchev–Trinajstić information content (AvgIpc) is 2.28. The molecule has 1 aromatic carbocycles. The van der Waals surface area contributed by atoms with Crippen LogP contribution in [0.5, 0.6) is 0 Å². The molecule has 19 heavy (non-hydrogen) atoms. The summed E-state index contributed by atoms with van der Waals surface area (Å²) in [7, 11) is -3.99. The van der Waals surface area contributed by atoms with Crippen molar-refractivity contribution in [2.75, 3.05) is 0 Å². The van der Waals surface area contributed by atoms with Gasteiger partial charge in [0, 0.05) is 0 Å². The zero-order valence-corrected chi connectivity index (χ0v) is 10.9. The smallest absolute Gasteiger partial charge is 0.321 e. The Hall–Kier alpha value is -1.94. The molecule has 1 atom stereocenters. The van der Waals surface area contributed by atoms with Crippen LogP contribution in [-0.4, -0.2) is 24.7 Å². The molecule has 102 valence electrons. The molecule has 1 unspecified atom stereocenters. The molecule has 7 heteroatoms. The highest BCUT2D eigenvalue weighted by atomic mass is 32.2. The van der Waals surface area contributed by atoms with Crippen molar-refractivity contribution in [1.82, 2.24) is 0 Å². The van der Waals surface area contributed by atoms with Gasteiger partial charge in [0.1, 0.15) is 5.82 Å². The Balaban J connectivity index is 3.19. The molecule has 0 saturated heterocycles. The van der Waals surface area contributed by atoms with Crippen LogP contribution in [-0.2, 0) is 20.4 Å². The molecule has 5 nitrogen and oxygen atoms in total. The summed E-state index contributed by atoms with van der Waals surface area (Å²) in [6, 6.07) is 4.90. The van der Waals surface area contributed by atoms with E-state index < -0.39 is 32.6 Å². The van der Waals surface area contributed by atoms with Crippen LogP contribution in [0.15, 0.2) is 18.2 Å². The van der Waals surface area contributed by atoms with E-state index in [0.717, 1.165) is 12.1 Å². The van der Waals surface area contributed by atoms with Gasteiger partial charge in [-0.1, -0.05) is 6.92 Å². The van der Waals surface area contributed by atoms with Crippen LogP contribution in [0.4, 0.5) is 4.39 Å². The Morgan fingerprint density at radius 2 is 2.16 bits per heavy atom. The molecule has 0 aliphatic rings. The first-order chi connectivity index (χ1) is 8.81. The fourth-order valence-corrected chi connectivity index (χ4v) is 3.38. The summed E-state index contributed by atoms with van der Waals surface area (Å²) in [6.45, 7) is 1.44. The minimum absolute atomic E-state index is 0.0187. The highest BCUT2D eigenvalue weighted by molar-refractivity contribution is 7.92. The number of carboxylic acids is 1. The van der Waals surface area contributed by atoms with Crippen molar-refractivity contribution in [2.45, 2.75) is 24.3 Å². The van der Waals surface area contributed by atoms with E-state index in [1.807, 2.05) is 0 Å². The molecule has 0 fully saturated rings. The molecule has 0 bridgehead atoms. The van der Waals surface area contributed by atoms with Gasteiger partial charge in [0.2, 0.25) is 0 Å². The fourth-order valence-electron chi connectivity index (χ4n) is 1.69. The summed E-state index contributed by atoms with van der Waals surface area (Å²) < 4.78 is 37.0. The number of aliphatic carboxylic acids is 1. The molecule has 0 amide bonds. The lowest BCUT2D eigenvalue weighted by molar-refractivity contribution is -0.136. The van der Waals surface area contributed by atoms with E-state index >= 15 is 0 Å². The summed E-state index contributed by atoms with van der Waals surface area (Å²) >= 11 is 0. The lowest BCUT2D eigenvalue weighted by Gasteiger charge is -2.12. The Labute approximate surface area is 110 Å². The highest BCUT2D eigenvalue weighted by Crippen LogP contribution is 2.18. The second-order valence-electron chi connectivity index (χ2n) is 3.96. The zero-order valence-electron chi connectivity index (χ0n) is 10.1. The van der Waals surface area contributed by atoms with Crippen molar-refractivity contribution < 1.29 is 22.7 Å². The molecule has 0 heterocycles. The topological polar surface area (TPSA) is 95.2 Å². The maximum atomic E-state index is 13.1. The summed E-state index contributed by atoms with van der Waals surface area (Å²) in [5.74, 6) is -2.79. The number of nitrogens with zero attached hydrogens (tertiary/aromatic N) is 1. The van der Waals surface area contributed by atoms with E-state index in [0.29, 0.717) is 0 Å². The van der Waals surface area contributed by atoms with E-state index in [9.17, 15) is 17.6 Å². The number of hydrogen-bond acceptors (Lipinski definition) is 4. The lowest BCUT2D eigenvalue weighted by Crippen LogP contribution is -2.30. The third-order valence-electron chi connectivity index (χ3n) is 2.62. The monoisotopic (exact) mass is 285 g/mol. The molecule has 1 rings (SSSR count). The standard InChI is InChI=1S/C12H12FNO4S/c1-2-11(12(15)16)19(17,18)7-9-5-10(13)4-3-8(9)6-14/h3-5,11H,2,7H2,1H3,(H,15,16). The Bertz CT molecular complexity index is 634. The van der Waals surface area contributed by atoms with Gasteiger partial charge in [0.15, 0.2) is 15.1 Å². The van der Waals surface area contributed by atoms with E-state index in [4.69, 9.17) is 10.4 Å². The summed E-state index contributed by atoms with van der Waals surface area (Å²) in [4.78, 5) is 10.9. The van der Waals surface area contributed by atoms with Gasteiger partial charge in [-0.2, -0.15) is 5.26 Å². The SMILES string of the molecule is CCC(C(=O)O)S(=O)(=O)Cc1cc(F)ccc1C#N. The first-order valence-corrected chi connectivity index (χ1v) is 7.16. The van der Waals surface area contributed by atoms with Gasteiger partial charge < -0.3 is 5.11 Å². The summed E-state index contributed by atoms with van der Waals surface area (Å²) in [5.41, 5.74) is -0.00702. The Morgan fingerprint density at radius 1 is 1.53 bits per heavy atom. The number of rotatable bonds is 5. The average molecular weight is 285 g/mol. The van der Waals surface area contributed by atoms with Crippen LogP contribution in [0.25, 0.3) is 0 Å². The van der Waals surface area contributed by atoms with Crippen molar-refractivity contribution in [2.24, 2.45) is 0 Å². The largest absolute Gasteiger partial charge is 0.480 e. The maximum absolute atomic E-state index is 13.1. The first kappa shape index (κ1) is 15.1. The summed E-state index contributed by atoms with van der Waals surface area (Å²) in [5, 5.41) is 16.1. The first-order valence-electron chi connectivity index (χ1n) is 5.44. The van der Waals surface area contributed by atoms with Crippen LogP contribution >= 0.6 is 0 Å². The van der Waals surface area contributed by atoms with Crippen LogP contribution < -0.4 is 0 Å². The predicted molar refractivity (Wildman–Crippen MR) is 65.5 cm³/mol. The molecule has 0 aromatic heterocycles. The molecule has 0 aliphatic heterocycles. The van der Waals surface area contributed by atoms with E-state index in [1.165, 1.54) is 13.0 Å². The molecule has 0 spiro atoms. The van der Waals surface area contributed by atoms with Gasteiger partial charge in [-0.25, -0.2) is 12.8 Å². The number of carbonyl (C=O) groups is 1. The number of nitriles is 1. The van der Waals surface area contributed by atoms with Crippen molar-refractivity contribution in [1.29, 1.82) is 5.26 Å². The molecular formula is C12H12FNO4S. The van der Waals surface area contributed by atoms with Crippen LogP contribution in [0.1, 0.15) is 24.5 Å². The molecule has 0 saturated carbocycles. The lowest BCUT2D eigenvalue weighted by atomic mass is 10.1. The highest BCUT2D eigenvalue weighted by Gasteiger charge is 2.31. The van der Waals surface area contributed by atoms with Gasteiger partial charge in [0.05, 0.1) is 17.4 Å². The van der Waals surface area contributed by atoms with Crippen LogP contribution in [0.2, 0.25) is 0 Å². The maximum Gasteiger partial charge on any atom is 0.321 e. The minimum Gasteiger partial charge on any atom is -0.480 e. The Morgan fingerprint density at radius 3 is 2.63 bits per heavy atom. The zero-order chi connectivity index (χ0) is 14.6.